The van der Waals surface area contributed by atoms with Crippen molar-refractivity contribution in [3.05, 3.63) is 71.6 Å². The molecule has 3 rings (SSSR count). The molecule has 0 fully saturated rings. The number of nitrogens with zero attached hydrogens (tertiary/aromatic N) is 3. The zero-order valence-electron chi connectivity index (χ0n) is 14.3. The van der Waals surface area contributed by atoms with Gasteiger partial charge in [0.1, 0.15) is 5.75 Å². The Morgan fingerprint density at radius 1 is 1.07 bits per heavy atom. The fourth-order valence-corrected chi connectivity index (χ4v) is 2.22. The number of nitrogens with one attached hydrogen (secondary N) is 1. The number of aromatic nitrogens is 3. The standard InChI is InChI=1S/C18H17N5O4/c19-15(24)9-12-1-3-14(4-2-12)26-11-16-22-18(27-23-16)17(25)21-10-13-5-7-20-8-6-13/h1-8H,9-11H2,(H2,19,24)(H,21,25). The Bertz CT molecular complexity index is 909. The molecule has 3 N–H and O–H groups in total. The van der Waals surface area contributed by atoms with E-state index < -0.39 is 11.8 Å². The summed E-state index contributed by atoms with van der Waals surface area (Å²) in [6, 6.07) is 10.5. The lowest BCUT2D eigenvalue weighted by atomic mass is 10.1. The third-order valence-corrected chi connectivity index (χ3v) is 3.53. The lowest BCUT2D eigenvalue weighted by Crippen LogP contribution is -2.23. The Balaban J connectivity index is 1.50. The summed E-state index contributed by atoms with van der Waals surface area (Å²) in [7, 11) is 0. The van der Waals surface area contributed by atoms with Gasteiger partial charge in [-0.25, -0.2) is 0 Å². The number of hydrogen-bond donors (Lipinski definition) is 2. The first-order chi connectivity index (χ1) is 13.1. The van der Waals surface area contributed by atoms with Crippen LogP contribution >= 0.6 is 0 Å². The van der Waals surface area contributed by atoms with Crippen molar-refractivity contribution < 1.29 is 18.8 Å². The van der Waals surface area contributed by atoms with Crippen molar-refractivity contribution in [1.29, 1.82) is 0 Å². The molecule has 0 spiro atoms. The van der Waals surface area contributed by atoms with E-state index in [2.05, 4.69) is 20.4 Å². The quantitative estimate of drug-likeness (QED) is 0.607. The van der Waals surface area contributed by atoms with E-state index in [0.717, 1.165) is 11.1 Å². The molecule has 2 heterocycles. The van der Waals surface area contributed by atoms with E-state index in [4.69, 9.17) is 15.0 Å². The van der Waals surface area contributed by atoms with E-state index in [1.54, 1.807) is 48.8 Å². The van der Waals surface area contributed by atoms with Crippen LogP contribution in [0.15, 0.2) is 53.3 Å². The van der Waals surface area contributed by atoms with Gasteiger partial charge in [-0.15, -0.1) is 0 Å². The van der Waals surface area contributed by atoms with Gasteiger partial charge in [0.25, 0.3) is 0 Å². The highest BCUT2D eigenvalue weighted by molar-refractivity contribution is 5.89. The van der Waals surface area contributed by atoms with Crippen LogP contribution in [0.5, 0.6) is 5.75 Å². The first kappa shape index (κ1) is 18.1. The van der Waals surface area contributed by atoms with E-state index >= 15 is 0 Å². The molecule has 0 bridgehead atoms. The van der Waals surface area contributed by atoms with Crippen molar-refractivity contribution in [3.8, 4) is 5.75 Å². The number of ether oxygens (including phenoxy) is 1. The van der Waals surface area contributed by atoms with Crippen LogP contribution < -0.4 is 15.8 Å². The van der Waals surface area contributed by atoms with Gasteiger partial charge >= 0.3 is 11.8 Å². The maximum Gasteiger partial charge on any atom is 0.316 e. The fraction of sp³-hybridized carbons (Fsp3) is 0.167. The molecule has 0 radical (unpaired) electrons. The molecular formula is C18H17N5O4. The first-order valence-corrected chi connectivity index (χ1v) is 8.10. The molecule has 9 heteroatoms. The Hall–Kier alpha value is -3.75. The molecule has 0 unspecified atom stereocenters. The van der Waals surface area contributed by atoms with Gasteiger partial charge in [0.05, 0.1) is 6.42 Å². The molecule has 27 heavy (non-hydrogen) atoms. The van der Waals surface area contributed by atoms with E-state index in [9.17, 15) is 9.59 Å². The van der Waals surface area contributed by atoms with Crippen molar-refractivity contribution in [3.63, 3.8) is 0 Å². The molecule has 3 aromatic rings. The Labute approximate surface area is 154 Å². The molecule has 0 saturated heterocycles. The van der Waals surface area contributed by atoms with E-state index in [-0.39, 0.29) is 24.7 Å². The fourth-order valence-electron chi connectivity index (χ4n) is 2.22. The summed E-state index contributed by atoms with van der Waals surface area (Å²) in [5.41, 5.74) is 6.84. The largest absolute Gasteiger partial charge is 0.485 e. The minimum Gasteiger partial charge on any atom is -0.485 e. The number of nitrogens with two attached hydrogens (primary N) is 1. The van der Waals surface area contributed by atoms with E-state index in [0.29, 0.717) is 12.3 Å². The Morgan fingerprint density at radius 3 is 2.52 bits per heavy atom. The van der Waals surface area contributed by atoms with Gasteiger partial charge in [-0.2, -0.15) is 4.98 Å². The zero-order chi connectivity index (χ0) is 19.1. The molecule has 0 atom stereocenters. The molecule has 138 valence electrons. The molecule has 2 amide bonds. The Morgan fingerprint density at radius 2 is 1.81 bits per heavy atom. The third kappa shape index (κ3) is 5.36. The first-order valence-electron chi connectivity index (χ1n) is 8.10. The molecule has 0 aliphatic heterocycles. The van der Waals surface area contributed by atoms with Gasteiger partial charge in [-0.3, -0.25) is 14.6 Å². The summed E-state index contributed by atoms with van der Waals surface area (Å²) >= 11 is 0. The van der Waals surface area contributed by atoms with Crippen molar-refractivity contribution in [2.75, 3.05) is 0 Å². The number of hydrogen-bond acceptors (Lipinski definition) is 7. The average molecular weight is 367 g/mol. The van der Waals surface area contributed by atoms with Gasteiger partial charge in [0, 0.05) is 18.9 Å². The van der Waals surface area contributed by atoms with Crippen molar-refractivity contribution in [2.45, 2.75) is 19.6 Å². The number of primary amides is 1. The van der Waals surface area contributed by atoms with E-state index in [1.165, 1.54) is 0 Å². The van der Waals surface area contributed by atoms with Crippen LogP contribution in [0.3, 0.4) is 0 Å². The highest BCUT2D eigenvalue weighted by atomic mass is 16.5. The highest BCUT2D eigenvalue weighted by Gasteiger charge is 2.15. The molecule has 0 aliphatic carbocycles. The summed E-state index contributed by atoms with van der Waals surface area (Å²) < 4.78 is 10.5. The minimum atomic E-state index is -0.471. The van der Waals surface area contributed by atoms with Gasteiger partial charge in [0.15, 0.2) is 6.61 Å². The predicted octanol–water partition coefficient (Wildman–Crippen LogP) is 1.00. The van der Waals surface area contributed by atoms with Gasteiger partial charge in [0.2, 0.25) is 11.7 Å². The molecule has 9 nitrogen and oxygen atoms in total. The summed E-state index contributed by atoms with van der Waals surface area (Å²) in [6.45, 7) is 0.365. The van der Waals surface area contributed by atoms with Crippen LogP contribution in [-0.4, -0.2) is 26.9 Å². The normalized spacial score (nSPS) is 10.4. The smallest absolute Gasteiger partial charge is 0.316 e. The number of pyridine rings is 1. The lowest BCUT2D eigenvalue weighted by Gasteiger charge is -2.04. The van der Waals surface area contributed by atoms with Crippen LogP contribution in [-0.2, 0) is 24.4 Å². The van der Waals surface area contributed by atoms with E-state index in [1.807, 2.05) is 0 Å². The molecule has 0 saturated carbocycles. The lowest BCUT2D eigenvalue weighted by molar-refractivity contribution is -0.117. The summed E-state index contributed by atoms with van der Waals surface area (Å²) in [5, 5.41) is 6.40. The number of amides is 2. The monoisotopic (exact) mass is 367 g/mol. The van der Waals surface area contributed by atoms with Crippen LogP contribution in [0.2, 0.25) is 0 Å². The van der Waals surface area contributed by atoms with Crippen molar-refractivity contribution >= 4 is 11.8 Å². The number of benzene rings is 1. The second-order valence-corrected chi connectivity index (χ2v) is 5.63. The predicted molar refractivity (Wildman–Crippen MR) is 93.4 cm³/mol. The topological polar surface area (TPSA) is 133 Å². The van der Waals surface area contributed by atoms with Crippen molar-refractivity contribution in [1.82, 2.24) is 20.4 Å². The molecular weight excluding hydrogens is 350 g/mol. The van der Waals surface area contributed by atoms with Gasteiger partial charge < -0.3 is 20.3 Å². The van der Waals surface area contributed by atoms with Crippen LogP contribution in [0, 0.1) is 0 Å². The number of carbonyl (C=O) groups is 2. The maximum atomic E-state index is 12.0. The second-order valence-electron chi connectivity index (χ2n) is 5.63. The summed E-state index contributed by atoms with van der Waals surface area (Å²) in [4.78, 5) is 30.8. The SMILES string of the molecule is NC(=O)Cc1ccc(OCc2noc(C(=O)NCc3ccncc3)n2)cc1. The van der Waals surface area contributed by atoms with Crippen LogP contribution in [0.4, 0.5) is 0 Å². The zero-order valence-corrected chi connectivity index (χ0v) is 14.3. The van der Waals surface area contributed by atoms with Gasteiger partial charge in [-0.05, 0) is 35.4 Å². The number of rotatable bonds is 8. The average Bonchev–Trinajstić information content (AvgIpc) is 3.15. The minimum absolute atomic E-state index is 0.0380. The molecule has 1 aromatic carbocycles. The molecule has 2 aromatic heterocycles. The van der Waals surface area contributed by atoms with Gasteiger partial charge in [-0.1, -0.05) is 17.3 Å². The number of carbonyl (C=O) groups excluding carboxylic acids is 2. The van der Waals surface area contributed by atoms with Crippen molar-refractivity contribution in [2.24, 2.45) is 5.73 Å². The maximum absolute atomic E-state index is 12.0. The second kappa shape index (κ2) is 8.56. The van der Waals surface area contributed by atoms with Crippen LogP contribution in [0.1, 0.15) is 27.6 Å². The third-order valence-electron chi connectivity index (χ3n) is 3.53. The highest BCUT2D eigenvalue weighted by Crippen LogP contribution is 2.14. The van der Waals surface area contributed by atoms with Crippen LogP contribution in [0.25, 0.3) is 0 Å². The summed E-state index contributed by atoms with van der Waals surface area (Å²) in [5.74, 6) is -0.201. The Kier molecular flexibility index (Phi) is 5.73. The molecule has 0 aliphatic rings. The summed E-state index contributed by atoms with van der Waals surface area (Å²) in [6.07, 6.45) is 3.46.